The standard InChI is InChI=1S/C19H24N2O3/c1-18(2,3)24-17(22)16-10-15-7-6-14(12-21(15)20-16)13-8-9-23-19(4,5)11-13/h6-7,10-12H,8-9H2,1-5H3. The van der Waals surface area contributed by atoms with E-state index in [4.69, 9.17) is 9.47 Å². The lowest BCUT2D eigenvalue weighted by Gasteiger charge is -2.28. The zero-order valence-corrected chi connectivity index (χ0v) is 14.9. The van der Waals surface area contributed by atoms with E-state index in [1.165, 1.54) is 5.57 Å². The smallest absolute Gasteiger partial charge is 0.359 e. The lowest BCUT2D eigenvalue weighted by atomic mass is 9.95. The normalized spacial score (nSPS) is 17.6. The number of ether oxygens (including phenoxy) is 2. The predicted molar refractivity (Wildman–Crippen MR) is 93.0 cm³/mol. The van der Waals surface area contributed by atoms with Gasteiger partial charge in [0.15, 0.2) is 5.69 Å². The fourth-order valence-electron chi connectivity index (χ4n) is 2.79. The first-order chi connectivity index (χ1) is 11.1. The molecule has 5 heteroatoms. The third kappa shape index (κ3) is 3.67. The van der Waals surface area contributed by atoms with Crippen LogP contribution in [-0.2, 0) is 9.47 Å². The molecule has 1 aliphatic rings. The molecule has 0 unspecified atom stereocenters. The van der Waals surface area contributed by atoms with E-state index in [-0.39, 0.29) is 5.60 Å². The van der Waals surface area contributed by atoms with Crippen LogP contribution in [0.2, 0.25) is 0 Å². The number of pyridine rings is 1. The maximum Gasteiger partial charge on any atom is 0.359 e. The highest BCUT2D eigenvalue weighted by Crippen LogP contribution is 2.29. The maximum atomic E-state index is 12.2. The molecule has 0 atom stereocenters. The first-order valence-corrected chi connectivity index (χ1v) is 8.22. The molecule has 3 heterocycles. The molecule has 24 heavy (non-hydrogen) atoms. The van der Waals surface area contributed by atoms with E-state index >= 15 is 0 Å². The summed E-state index contributed by atoms with van der Waals surface area (Å²) < 4.78 is 12.8. The SMILES string of the molecule is CC(C)(C)OC(=O)c1cc2ccc(C3=CC(C)(C)OCC3)cn2n1. The van der Waals surface area contributed by atoms with Gasteiger partial charge in [-0.2, -0.15) is 5.10 Å². The van der Waals surface area contributed by atoms with Crippen molar-refractivity contribution in [3.8, 4) is 0 Å². The summed E-state index contributed by atoms with van der Waals surface area (Å²) in [6, 6.07) is 5.78. The minimum Gasteiger partial charge on any atom is -0.455 e. The fourth-order valence-corrected chi connectivity index (χ4v) is 2.79. The van der Waals surface area contributed by atoms with Gasteiger partial charge in [-0.1, -0.05) is 6.07 Å². The van der Waals surface area contributed by atoms with E-state index in [0.29, 0.717) is 12.3 Å². The van der Waals surface area contributed by atoms with E-state index in [9.17, 15) is 4.79 Å². The summed E-state index contributed by atoms with van der Waals surface area (Å²) >= 11 is 0. The number of esters is 1. The molecule has 0 radical (unpaired) electrons. The number of fused-ring (bicyclic) bond motifs is 1. The average Bonchev–Trinajstić information content (AvgIpc) is 2.87. The summed E-state index contributed by atoms with van der Waals surface area (Å²) in [5, 5.41) is 4.37. The highest BCUT2D eigenvalue weighted by atomic mass is 16.6. The number of aromatic nitrogens is 2. The van der Waals surface area contributed by atoms with Crippen molar-refractivity contribution < 1.29 is 14.3 Å². The Hall–Kier alpha value is -2.14. The van der Waals surface area contributed by atoms with Crippen LogP contribution in [0.15, 0.2) is 30.5 Å². The third-order valence-electron chi connectivity index (χ3n) is 3.81. The molecule has 0 aliphatic carbocycles. The summed E-state index contributed by atoms with van der Waals surface area (Å²) in [4.78, 5) is 12.2. The second kappa shape index (κ2) is 5.74. The molecule has 0 aromatic carbocycles. The molecule has 128 valence electrons. The van der Waals surface area contributed by atoms with Gasteiger partial charge in [0.2, 0.25) is 0 Å². The van der Waals surface area contributed by atoms with Gasteiger partial charge >= 0.3 is 5.97 Å². The van der Waals surface area contributed by atoms with Crippen molar-refractivity contribution in [2.75, 3.05) is 6.61 Å². The molecule has 1 aliphatic heterocycles. The van der Waals surface area contributed by atoms with E-state index in [1.54, 1.807) is 10.6 Å². The van der Waals surface area contributed by atoms with Crippen LogP contribution in [0.4, 0.5) is 0 Å². The molecule has 0 amide bonds. The van der Waals surface area contributed by atoms with Gasteiger partial charge in [-0.05, 0) is 70.4 Å². The molecule has 0 N–H and O–H groups in total. The topological polar surface area (TPSA) is 52.8 Å². The Labute approximate surface area is 142 Å². The molecule has 0 spiro atoms. The molecule has 3 rings (SSSR count). The van der Waals surface area contributed by atoms with Gasteiger partial charge in [0.05, 0.1) is 17.7 Å². The van der Waals surface area contributed by atoms with Crippen LogP contribution in [0.25, 0.3) is 11.1 Å². The number of carbonyl (C=O) groups is 1. The number of nitrogens with zero attached hydrogens (tertiary/aromatic N) is 2. The minimum atomic E-state index is -0.531. The largest absolute Gasteiger partial charge is 0.455 e. The van der Waals surface area contributed by atoms with Crippen molar-refractivity contribution in [3.05, 3.63) is 41.7 Å². The molecular weight excluding hydrogens is 304 g/mol. The Morgan fingerprint density at radius 2 is 2.08 bits per heavy atom. The number of hydrogen-bond donors (Lipinski definition) is 0. The van der Waals surface area contributed by atoms with Crippen molar-refractivity contribution in [2.24, 2.45) is 0 Å². The van der Waals surface area contributed by atoms with Crippen LogP contribution in [0.1, 0.15) is 57.1 Å². The quantitative estimate of drug-likeness (QED) is 0.785. The molecule has 5 nitrogen and oxygen atoms in total. The zero-order valence-electron chi connectivity index (χ0n) is 14.9. The van der Waals surface area contributed by atoms with Gasteiger partial charge in [-0.3, -0.25) is 0 Å². The number of carbonyl (C=O) groups excluding carboxylic acids is 1. The van der Waals surface area contributed by atoms with Gasteiger partial charge < -0.3 is 9.47 Å². The van der Waals surface area contributed by atoms with Crippen molar-refractivity contribution >= 4 is 17.1 Å². The molecule has 0 saturated carbocycles. The van der Waals surface area contributed by atoms with Crippen LogP contribution < -0.4 is 0 Å². The van der Waals surface area contributed by atoms with Gasteiger partial charge in [0.1, 0.15) is 5.60 Å². The van der Waals surface area contributed by atoms with Crippen LogP contribution in [0.5, 0.6) is 0 Å². The van der Waals surface area contributed by atoms with Gasteiger partial charge in [-0.25, -0.2) is 9.31 Å². The monoisotopic (exact) mass is 328 g/mol. The molecule has 2 aromatic heterocycles. The lowest BCUT2D eigenvalue weighted by molar-refractivity contribution is 0.00621. The Kier molecular flexibility index (Phi) is 4.00. The zero-order chi connectivity index (χ0) is 17.5. The van der Waals surface area contributed by atoms with Gasteiger partial charge in [0, 0.05) is 6.20 Å². The Balaban J connectivity index is 1.92. The molecule has 0 bridgehead atoms. The summed E-state index contributed by atoms with van der Waals surface area (Å²) in [7, 11) is 0. The lowest BCUT2D eigenvalue weighted by Crippen LogP contribution is -2.26. The van der Waals surface area contributed by atoms with Crippen molar-refractivity contribution in [1.82, 2.24) is 9.61 Å². The average molecular weight is 328 g/mol. The van der Waals surface area contributed by atoms with Gasteiger partial charge in [0.25, 0.3) is 0 Å². The van der Waals surface area contributed by atoms with E-state index in [0.717, 1.165) is 17.5 Å². The molecule has 0 fully saturated rings. The third-order valence-corrected chi connectivity index (χ3v) is 3.81. The van der Waals surface area contributed by atoms with Crippen molar-refractivity contribution in [2.45, 2.75) is 52.2 Å². The highest BCUT2D eigenvalue weighted by Gasteiger charge is 2.23. The Bertz CT molecular complexity index is 810. The first kappa shape index (κ1) is 16.7. The fraction of sp³-hybridized carbons (Fsp3) is 0.474. The van der Waals surface area contributed by atoms with Crippen LogP contribution in [0.3, 0.4) is 0 Å². The second-order valence-electron chi connectivity index (χ2n) is 7.69. The van der Waals surface area contributed by atoms with E-state index in [1.807, 2.05) is 33.0 Å². The van der Waals surface area contributed by atoms with Crippen molar-refractivity contribution in [3.63, 3.8) is 0 Å². The minimum absolute atomic E-state index is 0.256. The first-order valence-electron chi connectivity index (χ1n) is 8.22. The maximum absolute atomic E-state index is 12.2. The Morgan fingerprint density at radius 1 is 1.33 bits per heavy atom. The summed E-state index contributed by atoms with van der Waals surface area (Å²) in [6.45, 7) is 10.4. The van der Waals surface area contributed by atoms with E-state index < -0.39 is 11.6 Å². The molecule has 0 saturated heterocycles. The highest BCUT2D eigenvalue weighted by molar-refractivity contribution is 5.89. The van der Waals surface area contributed by atoms with Crippen LogP contribution in [-0.4, -0.2) is 33.4 Å². The van der Waals surface area contributed by atoms with Gasteiger partial charge in [-0.15, -0.1) is 0 Å². The summed E-state index contributed by atoms with van der Waals surface area (Å²) in [5.74, 6) is -0.404. The molecule has 2 aromatic rings. The van der Waals surface area contributed by atoms with Crippen LogP contribution in [0, 0.1) is 0 Å². The van der Waals surface area contributed by atoms with Crippen LogP contribution >= 0.6 is 0 Å². The second-order valence-corrected chi connectivity index (χ2v) is 7.69. The summed E-state index contributed by atoms with van der Waals surface area (Å²) in [5.41, 5.74) is 2.74. The predicted octanol–water partition coefficient (Wildman–Crippen LogP) is 3.87. The summed E-state index contributed by atoms with van der Waals surface area (Å²) in [6.07, 6.45) is 4.97. The molecular formula is C19H24N2O3. The van der Waals surface area contributed by atoms with Crippen molar-refractivity contribution in [1.29, 1.82) is 0 Å². The Morgan fingerprint density at radius 3 is 2.75 bits per heavy atom. The number of hydrogen-bond acceptors (Lipinski definition) is 4. The number of rotatable bonds is 2. The van der Waals surface area contributed by atoms with E-state index in [2.05, 4.69) is 31.1 Å².